The Morgan fingerprint density at radius 3 is 2.65 bits per heavy atom. The number of hydrogen-bond acceptors (Lipinski definition) is 7. The number of guanidine groups is 1. The first kappa shape index (κ1) is 31.9. The molecule has 4 rings (SSSR count). The number of halogens is 1. The fourth-order valence-electron chi connectivity index (χ4n) is 5.67. The van der Waals surface area contributed by atoms with Gasteiger partial charge in [-0.2, -0.15) is 4.72 Å². The summed E-state index contributed by atoms with van der Waals surface area (Å²) in [5.41, 5.74) is 8.59. The van der Waals surface area contributed by atoms with E-state index < -0.39 is 34.0 Å². The Labute approximate surface area is 243 Å². The Morgan fingerprint density at radius 1 is 1.20 bits per heavy atom. The highest BCUT2D eigenvalue weighted by Gasteiger charge is 2.40. The molecular formula is C27H41ClN6O5S. The number of piperidine rings is 1. The minimum Gasteiger partial charge on any atom is -0.467 e. The second kappa shape index (κ2) is 13.3. The van der Waals surface area contributed by atoms with Gasteiger partial charge in [0.2, 0.25) is 15.9 Å². The number of esters is 1. The molecule has 0 aromatic heterocycles. The predicted octanol–water partition coefficient (Wildman–Crippen LogP) is 1.46. The van der Waals surface area contributed by atoms with Crippen molar-refractivity contribution >= 4 is 40.3 Å². The molecule has 0 aliphatic carbocycles. The summed E-state index contributed by atoms with van der Waals surface area (Å²) in [5, 5.41) is 7.80. The molecule has 1 amide bonds. The molecule has 3 atom stereocenters. The molecule has 11 nitrogen and oxygen atoms in total. The number of nitrogens with two attached hydrogens (primary N) is 1. The summed E-state index contributed by atoms with van der Waals surface area (Å²) in [6.45, 7) is 4.85. The number of sulfonamides is 1. The highest BCUT2D eigenvalue weighted by atomic mass is 35.5. The van der Waals surface area contributed by atoms with Crippen molar-refractivity contribution in [1.29, 1.82) is 5.41 Å². The lowest BCUT2D eigenvalue weighted by atomic mass is 9.91. The van der Waals surface area contributed by atoms with E-state index in [9.17, 15) is 18.0 Å². The van der Waals surface area contributed by atoms with Crippen LogP contribution in [-0.2, 0) is 37.3 Å². The van der Waals surface area contributed by atoms with Crippen molar-refractivity contribution in [2.45, 2.75) is 62.6 Å². The van der Waals surface area contributed by atoms with Gasteiger partial charge >= 0.3 is 5.97 Å². The second-order valence-electron chi connectivity index (χ2n) is 11.0. The lowest BCUT2D eigenvalue weighted by molar-refractivity contribution is -0.156. The number of likely N-dealkylation sites (tertiary alicyclic amines) is 1. The van der Waals surface area contributed by atoms with Crippen molar-refractivity contribution in [3.63, 3.8) is 0 Å². The molecule has 4 N–H and O–H groups in total. The van der Waals surface area contributed by atoms with Crippen LogP contribution in [-0.4, -0.2) is 93.4 Å². The third kappa shape index (κ3) is 7.34. The molecule has 1 aromatic rings. The molecular weight excluding hydrogens is 556 g/mol. The maximum atomic E-state index is 14.0. The first-order valence-electron chi connectivity index (χ1n) is 13.5. The Balaban J connectivity index is 0.00000441. The van der Waals surface area contributed by atoms with Crippen molar-refractivity contribution in [2.75, 3.05) is 40.3 Å². The van der Waals surface area contributed by atoms with Crippen LogP contribution in [0, 0.1) is 11.3 Å². The number of fused-ring (bicyclic) bond motifs is 1. The van der Waals surface area contributed by atoms with Crippen molar-refractivity contribution in [2.24, 2.45) is 11.7 Å². The molecule has 222 valence electrons. The van der Waals surface area contributed by atoms with Crippen LogP contribution in [0.15, 0.2) is 34.7 Å². The number of amides is 1. The Kier molecular flexibility index (Phi) is 10.6. The van der Waals surface area contributed by atoms with E-state index in [2.05, 4.69) is 9.62 Å². The molecule has 3 heterocycles. The van der Waals surface area contributed by atoms with E-state index in [1.165, 1.54) is 12.0 Å². The molecule has 1 saturated heterocycles. The van der Waals surface area contributed by atoms with Gasteiger partial charge in [-0.3, -0.25) is 10.2 Å². The number of carbonyl (C=O) groups is 2. The van der Waals surface area contributed by atoms with Crippen molar-refractivity contribution in [3.05, 3.63) is 41.0 Å². The van der Waals surface area contributed by atoms with Crippen LogP contribution < -0.4 is 10.5 Å². The molecule has 3 aliphatic heterocycles. The number of methoxy groups -OCH3 is 1. The number of ether oxygens (including phenoxy) is 1. The molecule has 0 radical (unpaired) electrons. The second-order valence-corrected chi connectivity index (χ2v) is 12.7. The molecule has 0 spiro atoms. The van der Waals surface area contributed by atoms with Crippen LogP contribution >= 0.6 is 12.4 Å². The number of rotatable bonds is 7. The zero-order valence-corrected chi connectivity index (χ0v) is 25.0. The van der Waals surface area contributed by atoms with E-state index in [1.807, 2.05) is 26.1 Å². The number of nitrogens with one attached hydrogen (secondary N) is 2. The van der Waals surface area contributed by atoms with Crippen LogP contribution in [0.3, 0.4) is 0 Å². The normalized spacial score (nSPS) is 22.4. The lowest BCUT2D eigenvalue weighted by Crippen LogP contribution is -2.57. The topological polar surface area (TPSA) is 149 Å². The lowest BCUT2D eigenvalue weighted by Gasteiger charge is -2.39. The van der Waals surface area contributed by atoms with Crippen LogP contribution in [0.25, 0.3) is 0 Å². The highest BCUT2D eigenvalue weighted by Crippen LogP contribution is 2.27. The molecule has 0 unspecified atom stereocenters. The number of likely N-dealkylation sites (N-methyl/N-ethyl adjacent to an activating group) is 1. The summed E-state index contributed by atoms with van der Waals surface area (Å²) in [4.78, 5) is 32.0. The van der Waals surface area contributed by atoms with Crippen molar-refractivity contribution < 1.29 is 22.7 Å². The van der Waals surface area contributed by atoms with Gasteiger partial charge in [-0.05, 0) is 68.3 Å². The summed E-state index contributed by atoms with van der Waals surface area (Å²) in [7, 11) is -0.779. The summed E-state index contributed by atoms with van der Waals surface area (Å²) in [5.74, 6) is -0.805. The van der Waals surface area contributed by atoms with Crippen LogP contribution in [0.5, 0.6) is 0 Å². The van der Waals surface area contributed by atoms with Gasteiger partial charge in [-0.1, -0.05) is 24.6 Å². The molecule has 1 aromatic carbocycles. The average Bonchev–Trinajstić information content (AvgIpc) is 2.91. The van der Waals surface area contributed by atoms with Gasteiger partial charge in [0.1, 0.15) is 12.1 Å². The van der Waals surface area contributed by atoms with Crippen molar-refractivity contribution in [1.82, 2.24) is 19.4 Å². The summed E-state index contributed by atoms with van der Waals surface area (Å²) >= 11 is 0. The minimum absolute atomic E-state index is 0. The molecule has 0 saturated carbocycles. The van der Waals surface area contributed by atoms with Crippen LogP contribution in [0.2, 0.25) is 0 Å². The monoisotopic (exact) mass is 596 g/mol. The van der Waals surface area contributed by atoms with E-state index >= 15 is 0 Å². The molecule has 40 heavy (non-hydrogen) atoms. The summed E-state index contributed by atoms with van der Waals surface area (Å²) in [6.07, 6.45) is 4.72. The first-order chi connectivity index (χ1) is 18.5. The number of nitrogens with zero attached hydrogens (tertiary/aromatic N) is 3. The number of benzene rings is 1. The number of hydrogen-bond donors (Lipinski definition) is 3. The SMILES string of the molecule is COC(=O)[C@@H]1C[C@@H](C)CCN1C(=O)[C@H](CC1=CCCN(C(=N)N)C1)NS(=O)(=O)c1ccc2c(c1)CN(C)CC2.Cl. The quantitative estimate of drug-likeness (QED) is 0.185. The molecule has 13 heteroatoms. The Morgan fingerprint density at radius 2 is 1.95 bits per heavy atom. The van der Waals surface area contributed by atoms with Gasteiger partial charge in [0.05, 0.1) is 12.0 Å². The smallest absolute Gasteiger partial charge is 0.328 e. The first-order valence-corrected chi connectivity index (χ1v) is 14.9. The third-order valence-corrected chi connectivity index (χ3v) is 9.41. The molecule has 1 fully saturated rings. The average molecular weight is 597 g/mol. The summed E-state index contributed by atoms with van der Waals surface area (Å²) in [6, 6.07) is 3.22. The van der Waals surface area contributed by atoms with Gasteiger partial charge in [-0.25, -0.2) is 13.2 Å². The van der Waals surface area contributed by atoms with Crippen molar-refractivity contribution in [3.8, 4) is 0 Å². The van der Waals surface area contributed by atoms with Gasteiger partial charge < -0.3 is 25.2 Å². The van der Waals surface area contributed by atoms with E-state index in [0.29, 0.717) is 45.4 Å². The van der Waals surface area contributed by atoms with E-state index in [-0.39, 0.29) is 35.6 Å². The zero-order chi connectivity index (χ0) is 28.3. The van der Waals surface area contributed by atoms with Gasteiger partial charge in [0.15, 0.2) is 5.96 Å². The van der Waals surface area contributed by atoms with Gasteiger partial charge in [0, 0.05) is 32.7 Å². The fraction of sp³-hybridized carbons (Fsp3) is 0.593. The standard InChI is InChI=1S/C27H40N6O5S.ClH/c1-18-8-12-33(24(13-18)26(35)38-3)25(34)23(14-19-5-4-10-32(16-19)27(28)29)30-39(36,37)22-7-6-20-9-11-31(2)17-21(20)15-22;/h5-7,15,18,23-24,30H,4,8-14,16-17H2,1-3H3,(H3,28,29);1H/t18-,23-,24-;/m0./s1. The maximum absolute atomic E-state index is 14.0. The van der Waals surface area contributed by atoms with Gasteiger partial charge in [-0.15, -0.1) is 12.4 Å². The Bertz CT molecular complexity index is 1260. The highest BCUT2D eigenvalue weighted by molar-refractivity contribution is 7.89. The predicted molar refractivity (Wildman–Crippen MR) is 155 cm³/mol. The van der Waals surface area contributed by atoms with Crippen LogP contribution in [0.4, 0.5) is 0 Å². The van der Waals surface area contributed by atoms with Crippen LogP contribution in [0.1, 0.15) is 43.7 Å². The molecule has 3 aliphatic rings. The maximum Gasteiger partial charge on any atom is 0.328 e. The largest absolute Gasteiger partial charge is 0.467 e. The molecule has 0 bridgehead atoms. The minimum atomic E-state index is -4.07. The fourth-order valence-corrected chi connectivity index (χ4v) is 6.91. The van der Waals surface area contributed by atoms with E-state index in [1.54, 1.807) is 17.0 Å². The zero-order valence-electron chi connectivity index (χ0n) is 23.4. The Hall–Kier alpha value is -2.67. The van der Waals surface area contributed by atoms with E-state index in [4.69, 9.17) is 15.9 Å². The third-order valence-electron chi connectivity index (χ3n) is 7.94. The van der Waals surface area contributed by atoms with Gasteiger partial charge in [0.25, 0.3) is 0 Å². The van der Waals surface area contributed by atoms with E-state index in [0.717, 1.165) is 29.7 Å². The number of carbonyl (C=O) groups excluding carboxylic acids is 2. The summed E-state index contributed by atoms with van der Waals surface area (Å²) < 4.78 is 35.0.